The molecule has 1 fully saturated rings. The van der Waals surface area contributed by atoms with Gasteiger partial charge in [-0.2, -0.15) is 13.1 Å². The van der Waals surface area contributed by atoms with Crippen molar-refractivity contribution in [2.75, 3.05) is 24.5 Å². The van der Waals surface area contributed by atoms with Crippen LogP contribution >= 0.6 is 0 Å². The van der Waals surface area contributed by atoms with Crippen molar-refractivity contribution >= 4 is 26.8 Å². The van der Waals surface area contributed by atoms with Crippen LogP contribution in [0.3, 0.4) is 0 Å². The van der Waals surface area contributed by atoms with Gasteiger partial charge in [-0.1, -0.05) is 12.1 Å². The zero-order valence-electron chi connectivity index (χ0n) is 14.8. The second-order valence-corrected chi connectivity index (χ2v) is 7.90. The maximum Gasteiger partial charge on any atom is 0.301 e. The number of nitrogens with one attached hydrogen (secondary N) is 1. The van der Waals surface area contributed by atoms with Crippen LogP contribution in [-0.2, 0) is 16.8 Å². The molecule has 2 aromatic carbocycles. The molecule has 26 heavy (non-hydrogen) atoms. The first-order valence-corrected chi connectivity index (χ1v) is 10.0. The van der Waals surface area contributed by atoms with Crippen molar-refractivity contribution < 1.29 is 13.2 Å². The number of fused-ring (bicyclic) bond motifs is 1. The molecule has 0 atom stereocenters. The standard InChI is InChI=1S/C19H21N3O3S/c1-3-21-18(12-15-6-9-17(25-2)13-19(15)21)14-4-7-16(8-5-14)22-11-10-20-26(22,23)24/h4-9,12-13,20H,3,10-11H2,1-2H3. The largest absolute Gasteiger partial charge is 0.497 e. The quantitative estimate of drug-likeness (QED) is 0.767. The van der Waals surface area contributed by atoms with Gasteiger partial charge in [-0.05, 0) is 42.8 Å². The van der Waals surface area contributed by atoms with Crippen molar-refractivity contribution in [1.82, 2.24) is 9.29 Å². The Morgan fingerprint density at radius 3 is 2.50 bits per heavy atom. The molecule has 0 amide bonds. The number of nitrogens with zero attached hydrogens (tertiary/aromatic N) is 2. The first-order valence-electron chi connectivity index (χ1n) is 8.58. The molecule has 0 spiro atoms. The summed E-state index contributed by atoms with van der Waals surface area (Å²) in [5, 5.41) is 1.15. The van der Waals surface area contributed by atoms with Crippen LogP contribution in [0.4, 0.5) is 5.69 Å². The molecule has 6 nitrogen and oxygen atoms in total. The van der Waals surface area contributed by atoms with Gasteiger partial charge in [0.1, 0.15) is 5.75 Å². The molecule has 136 valence electrons. The molecular weight excluding hydrogens is 350 g/mol. The van der Waals surface area contributed by atoms with Crippen LogP contribution in [0.2, 0.25) is 0 Å². The Labute approximate surface area is 153 Å². The number of methoxy groups -OCH3 is 1. The fraction of sp³-hybridized carbons (Fsp3) is 0.263. The lowest BCUT2D eigenvalue weighted by atomic mass is 10.1. The third-order valence-electron chi connectivity index (χ3n) is 4.77. The van der Waals surface area contributed by atoms with Crippen LogP contribution in [0.15, 0.2) is 48.5 Å². The van der Waals surface area contributed by atoms with Crippen molar-refractivity contribution in [1.29, 1.82) is 0 Å². The van der Waals surface area contributed by atoms with E-state index in [1.54, 1.807) is 7.11 Å². The molecule has 1 N–H and O–H groups in total. The Morgan fingerprint density at radius 2 is 1.88 bits per heavy atom. The summed E-state index contributed by atoms with van der Waals surface area (Å²) < 4.78 is 35.5. The minimum Gasteiger partial charge on any atom is -0.497 e. The summed E-state index contributed by atoms with van der Waals surface area (Å²) in [7, 11) is -1.73. The Hall–Kier alpha value is -2.51. The van der Waals surface area contributed by atoms with E-state index in [4.69, 9.17) is 4.74 Å². The van der Waals surface area contributed by atoms with Crippen molar-refractivity contribution in [3.05, 3.63) is 48.5 Å². The zero-order chi connectivity index (χ0) is 18.3. The smallest absolute Gasteiger partial charge is 0.301 e. The molecule has 1 aromatic heterocycles. The normalized spacial score (nSPS) is 16.3. The summed E-state index contributed by atoms with van der Waals surface area (Å²) in [6, 6.07) is 15.9. The Morgan fingerprint density at radius 1 is 1.12 bits per heavy atom. The molecule has 3 aromatic rings. The van der Waals surface area contributed by atoms with E-state index in [2.05, 4.69) is 28.3 Å². The lowest BCUT2D eigenvalue weighted by molar-refractivity contribution is 0.415. The van der Waals surface area contributed by atoms with Gasteiger partial charge in [0.2, 0.25) is 0 Å². The lowest BCUT2D eigenvalue weighted by Gasteiger charge is -2.16. The van der Waals surface area contributed by atoms with Gasteiger partial charge in [-0.3, -0.25) is 4.31 Å². The fourth-order valence-electron chi connectivity index (χ4n) is 3.48. The van der Waals surface area contributed by atoms with E-state index in [0.29, 0.717) is 18.8 Å². The first kappa shape index (κ1) is 16.9. The molecule has 0 aliphatic carbocycles. The number of anilines is 1. The van der Waals surface area contributed by atoms with Gasteiger partial charge in [0.15, 0.2) is 0 Å². The molecule has 0 saturated carbocycles. The zero-order valence-corrected chi connectivity index (χ0v) is 15.6. The van der Waals surface area contributed by atoms with E-state index < -0.39 is 10.2 Å². The van der Waals surface area contributed by atoms with Crippen LogP contribution < -0.4 is 13.8 Å². The number of hydrogen-bond donors (Lipinski definition) is 1. The maximum atomic E-state index is 12.0. The van der Waals surface area contributed by atoms with Gasteiger partial charge in [0.05, 0.1) is 18.3 Å². The summed E-state index contributed by atoms with van der Waals surface area (Å²) >= 11 is 0. The molecule has 1 saturated heterocycles. The topological polar surface area (TPSA) is 63.6 Å². The van der Waals surface area contributed by atoms with E-state index >= 15 is 0 Å². The highest BCUT2D eigenvalue weighted by molar-refractivity contribution is 7.91. The summed E-state index contributed by atoms with van der Waals surface area (Å²) in [5.74, 6) is 0.832. The van der Waals surface area contributed by atoms with Gasteiger partial charge < -0.3 is 9.30 Å². The number of hydrogen-bond acceptors (Lipinski definition) is 3. The summed E-state index contributed by atoms with van der Waals surface area (Å²) in [6.45, 7) is 3.84. The molecule has 0 unspecified atom stereocenters. The summed E-state index contributed by atoms with van der Waals surface area (Å²) in [5.41, 5.74) is 3.96. The van der Waals surface area contributed by atoms with Gasteiger partial charge >= 0.3 is 10.2 Å². The molecule has 1 aliphatic heterocycles. The molecule has 4 rings (SSSR count). The predicted molar refractivity (Wildman–Crippen MR) is 104 cm³/mol. The minimum atomic E-state index is -3.39. The monoisotopic (exact) mass is 371 g/mol. The number of rotatable bonds is 4. The van der Waals surface area contributed by atoms with Crippen molar-refractivity contribution in [3.8, 4) is 17.0 Å². The molecular formula is C19H21N3O3S. The van der Waals surface area contributed by atoms with Crippen molar-refractivity contribution in [3.63, 3.8) is 0 Å². The van der Waals surface area contributed by atoms with Crippen LogP contribution in [0.1, 0.15) is 6.92 Å². The minimum absolute atomic E-state index is 0.440. The third-order valence-corrected chi connectivity index (χ3v) is 6.31. The average Bonchev–Trinajstić information content (AvgIpc) is 3.20. The van der Waals surface area contributed by atoms with Crippen molar-refractivity contribution in [2.45, 2.75) is 13.5 Å². The molecule has 0 radical (unpaired) electrons. The third kappa shape index (κ3) is 2.73. The summed E-state index contributed by atoms with van der Waals surface area (Å²) in [6.07, 6.45) is 0. The van der Waals surface area contributed by atoms with E-state index in [0.717, 1.165) is 34.5 Å². The highest BCUT2D eigenvalue weighted by Crippen LogP contribution is 2.32. The molecule has 2 heterocycles. The Kier molecular flexibility index (Phi) is 4.13. The number of aromatic nitrogens is 1. The van der Waals surface area contributed by atoms with Gasteiger partial charge in [0, 0.05) is 36.8 Å². The molecule has 1 aliphatic rings. The number of benzene rings is 2. The Bertz CT molecular complexity index is 1060. The average molecular weight is 371 g/mol. The first-order chi connectivity index (χ1) is 12.5. The van der Waals surface area contributed by atoms with Crippen LogP contribution in [-0.4, -0.2) is 33.2 Å². The maximum absolute atomic E-state index is 12.0. The van der Waals surface area contributed by atoms with Crippen LogP contribution in [0.25, 0.3) is 22.2 Å². The molecule has 7 heteroatoms. The lowest BCUT2D eigenvalue weighted by Crippen LogP contribution is -2.29. The van der Waals surface area contributed by atoms with Gasteiger partial charge in [-0.15, -0.1) is 0 Å². The fourth-order valence-corrected chi connectivity index (χ4v) is 4.72. The number of ether oxygens (including phenoxy) is 1. The van der Waals surface area contributed by atoms with Crippen LogP contribution in [0.5, 0.6) is 5.75 Å². The highest BCUT2D eigenvalue weighted by atomic mass is 32.2. The SMILES string of the molecule is CCn1c(-c2ccc(N3CCNS3(=O)=O)cc2)cc2ccc(OC)cc21. The number of aryl methyl sites for hydroxylation is 1. The van der Waals surface area contributed by atoms with E-state index in [1.807, 2.05) is 36.4 Å². The van der Waals surface area contributed by atoms with Crippen molar-refractivity contribution in [2.24, 2.45) is 0 Å². The highest BCUT2D eigenvalue weighted by Gasteiger charge is 2.27. The Balaban J connectivity index is 1.76. The second-order valence-electron chi connectivity index (χ2n) is 6.22. The van der Waals surface area contributed by atoms with Crippen LogP contribution in [0, 0.1) is 0 Å². The predicted octanol–water partition coefficient (Wildman–Crippen LogP) is 2.99. The second kappa shape index (κ2) is 6.34. The van der Waals surface area contributed by atoms with E-state index in [9.17, 15) is 8.42 Å². The van der Waals surface area contributed by atoms with Gasteiger partial charge in [0.25, 0.3) is 0 Å². The van der Waals surface area contributed by atoms with Gasteiger partial charge in [-0.25, -0.2) is 0 Å². The van der Waals surface area contributed by atoms with E-state index in [-0.39, 0.29) is 0 Å². The molecule has 0 bridgehead atoms. The van der Waals surface area contributed by atoms with E-state index in [1.165, 1.54) is 4.31 Å². The summed E-state index contributed by atoms with van der Waals surface area (Å²) in [4.78, 5) is 0.